The fourth-order valence-corrected chi connectivity index (χ4v) is 4.59. The van der Waals surface area contributed by atoms with Crippen LogP contribution in [0.5, 0.6) is 0 Å². The lowest BCUT2D eigenvalue weighted by Gasteiger charge is -2.42. The van der Waals surface area contributed by atoms with Gasteiger partial charge in [0.2, 0.25) is 5.95 Å². The summed E-state index contributed by atoms with van der Waals surface area (Å²) in [5, 5.41) is 2.62. The van der Waals surface area contributed by atoms with Gasteiger partial charge in [-0.25, -0.2) is 14.2 Å². The summed E-state index contributed by atoms with van der Waals surface area (Å²) >= 11 is 0. The average Bonchev–Trinajstić information content (AvgIpc) is 3.42. The number of hydrogen-bond acceptors (Lipinski definition) is 7. The number of H-pyrrole nitrogens is 1. The Morgan fingerprint density at radius 1 is 1.05 bits per heavy atom. The van der Waals surface area contributed by atoms with Crippen molar-refractivity contribution in [3.05, 3.63) is 90.5 Å². The Hall–Kier alpha value is -4.61. The van der Waals surface area contributed by atoms with Gasteiger partial charge in [0.05, 0.1) is 30.1 Å². The zero-order chi connectivity index (χ0) is 28.8. The molecule has 2 amide bonds. The molecule has 212 valence electrons. The molecule has 1 atom stereocenters. The van der Waals surface area contributed by atoms with Crippen molar-refractivity contribution in [2.24, 2.45) is 0 Å². The number of amides is 2. The SMILES string of the molecule is CC(NC(=O)OCc1ccccc1)C(=O)N(c1nc(-c2ccc(F)cc2)c(-c2ccncc2)[nH]1)C1(C)COCOC1. The number of benzene rings is 2. The molecular weight excluding hydrogens is 529 g/mol. The topological polar surface area (TPSA) is 119 Å². The summed E-state index contributed by atoms with van der Waals surface area (Å²) in [4.78, 5) is 40.3. The van der Waals surface area contributed by atoms with Crippen LogP contribution in [0.1, 0.15) is 19.4 Å². The first-order valence-corrected chi connectivity index (χ1v) is 13.1. The van der Waals surface area contributed by atoms with Gasteiger partial charge >= 0.3 is 6.09 Å². The molecule has 0 saturated carbocycles. The number of nitrogens with zero attached hydrogens (tertiary/aromatic N) is 3. The van der Waals surface area contributed by atoms with Crippen molar-refractivity contribution in [1.29, 1.82) is 0 Å². The quantitative estimate of drug-likeness (QED) is 0.322. The van der Waals surface area contributed by atoms with Crippen molar-refractivity contribution < 1.29 is 28.2 Å². The lowest BCUT2D eigenvalue weighted by molar-refractivity contribution is -0.142. The number of pyridine rings is 1. The molecule has 1 fully saturated rings. The number of imidazole rings is 1. The van der Waals surface area contributed by atoms with Crippen LogP contribution in [-0.2, 0) is 25.6 Å². The molecule has 0 bridgehead atoms. The minimum atomic E-state index is -0.985. The number of carbonyl (C=O) groups excluding carboxylic acids is 2. The van der Waals surface area contributed by atoms with Crippen LogP contribution in [0.15, 0.2) is 79.1 Å². The van der Waals surface area contributed by atoms with Gasteiger partial charge in [-0.3, -0.25) is 14.7 Å². The highest BCUT2D eigenvalue weighted by molar-refractivity contribution is 5.99. The Morgan fingerprint density at radius 3 is 2.41 bits per heavy atom. The van der Waals surface area contributed by atoms with Crippen LogP contribution in [0.4, 0.5) is 15.1 Å². The zero-order valence-corrected chi connectivity index (χ0v) is 22.7. The fourth-order valence-electron chi connectivity index (χ4n) is 4.59. The number of alkyl carbamates (subject to hydrolysis) is 1. The summed E-state index contributed by atoms with van der Waals surface area (Å²) in [5.74, 6) is -0.627. The summed E-state index contributed by atoms with van der Waals surface area (Å²) in [6.45, 7) is 3.88. The van der Waals surface area contributed by atoms with E-state index in [1.807, 2.05) is 37.3 Å². The number of anilines is 1. The maximum atomic E-state index is 14.0. The lowest BCUT2D eigenvalue weighted by atomic mass is 10.0. The van der Waals surface area contributed by atoms with E-state index in [1.165, 1.54) is 17.0 Å². The minimum Gasteiger partial charge on any atom is -0.445 e. The Morgan fingerprint density at radius 2 is 1.73 bits per heavy atom. The normalized spacial score (nSPS) is 15.1. The van der Waals surface area contributed by atoms with Crippen molar-refractivity contribution in [1.82, 2.24) is 20.3 Å². The number of carbonyl (C=O) groups is 2. The molecule has 2 N–H and O–H groups in total. The second-order valence-corrected chi connectivity index (χ2v) is 9.94. The van der Waals surface area contributed by atoms with Gasteiger partial charge in [-0.1, -0.05) is 30.3 Å². The maximum Gasteiger partial charge on any atom is 0.408 e. The Kier molecular flexibility index (Phi) is 8.37. The van der Waals surface area contributed by atoms with Crippen molar-refractivity contribution >= 4 is 17.9 Å². The standard InChI is InChI=1S/C30H30FN5O5/c1-20(33-29(38)41-16-21-6-4-3-5-7-21)27(37)36(30(2)17-39-19-40-18-30)28-34-25(22-8-10-24(31)11-9-22)26(35-28)23-12-14-32-15-13-23/h3-15,20H,16-19H2,1-2H3,(H,33,38)(H,34,35). The first-order chi connectivity index (χ1) is 19.8. The molecule has 3 heterocycles. The number of aromatic amines is 1. The second-order valence-electron chi connectivity index (χ2n) is 9.94. The van der Waals surface area contributed by atoms with E-state index in [4.69, 9.17) is 19.2 Å². The van der Waals surface area contributed by atoms with E-state index in [0.29, 0.717) is 17.0 Å². The van der Waals surface area contributed by atoms with Crippen molar-refractivity contribution in [2.75, 3.05) is 24.9 Å². The van der Waals surface area contributed by atoms with Crippen molar-refractivity contribution in [2.45, 2.75) is 32.0 Å². The highest BCUT2D eigenvalue weighted by Crippen LogP contribution is 2.35. The number of nitrogens with one attached hydrogen (secondary N) is 2. The Labute approximate surface area is 236 Å². The highest BCUT2D eigenvalue weighted by atomic mass is 19.1. The molecule has 0 aliphatic carbocycles. The number of aromatic nitrogens is 3. The van der Waals surface area contributed by atoms with Crippen molar-refractivity contribution in [3.63, 3.8) is 0 Å². The molecule has 10 nitrogen and oxygen atoms in total. The van der Waals surface area contributed by atoms with E-state index in [0.717, 1.165) is 11.1 Å². The molecular formula is C30H30FN5O5. The molecule has 0 radical (unpaired) electrons. The van der Waals surface area contributed by atoms with Gasteiger partial charge < -0.3 is 24.5 Å². The molecule has 0 spiro atoms. The third kappa shape index (κ3) is 6.42. The van der Waals surface area contributed by atoms with Gasteiger partial charge in [0.1, 0.15) is 25.3 Å². The van der Waals surface area contributed by atoms with Crippen LogP contribution in [0.3, 0.4) is 0 Å². The monoisotopic (exact) mass is 559 g/mol. The van der Waals surface area contributed by atoms with Gasteiger partial charge in [0.15, 0.2) is 0 Å². The molecule has 4 aromatic rings. The van der Waals surface area contributed by atoms with E-state index >= 15 is 0 Å². The van der Waals surface area contributed by atoms with Gasteiger partial charge in [-0.15, -0.1) is 0 Å². The maximum absolute atomic E-state index is 14.0. The predicted molar refractivity (Wildman–Crippen MR) is 149 cm³/mol. The Balaban J connectivity index is 1.47. The molecule has 1 saturated heterocycles. The molecule has 5 rings (SSSR count). The van der Waals surface area contributed by atoms with Crippen molar-refractivity contribution in [3.8, 4) is 22.5 Å². The van der Waals surface area contributed by atoms with Crippen LogP contribution in [0.2, 0.25) is 0 Å². The van der Waals surface area contributed by atoms with Crippen LogP contribution in [-0.4, -0.2) is 58.5 Å². The van der Waals surface area contributed by atoms with E-state index in [9.17, 15) is 14.0 Å². The third-order valence-corrected chi connectivity index (χ3v) is 6.66. The summed E-state index contributed by atoms with van der Waals surface area (Å²) in [7, 11) is 0. The molecule has 2 aromatic carbocycles. The summed E-state index contributed by atoms with van der Waals surface area (Å²) in [6, 6.07) is 17.8. The van der Waals surface area contributed by atoms with Gasteiger partial charge in [-0.05, 0) is 55.8 Å². The molecule has 2 aromatic heterocycles. The molecule has 41 heavy (non-hydrogen) atoms. The van der Waals surface area contributed by atoms with Gasteiger partial charge in [-0.2, -0.15) is 0 Å². The predicted octanol–water partition coefficient (Wildman–Crippen LogP) is 4.69. The molecule has 11 heteroatoms. The molecule has 1 unspecified atom stereocenters. The Bertz CT molecular complexity index is 1470. The largest absolute Gasteiger partial charge is 0.445 e. The van der Waals surface area contributed by atoms with E-state index < -0.39 is 23.6 Å². The number of halogens is 1. The van der Waals surface area contributed by atoms with Gasteiger partial charge in [0, 0.05) is 23.5 Å². The number of ether oxygens (including phenoxy) is 3. The first kappa shape index (κ1) is 27.9. The summed E-state index contributed by atoms with van der Waals surface area (Å²) in [6.07, 6.45) is 2.55. The smallest absolute Gasteiger partial charge is 0.408 e. The summed E-state index contributed by atoms with van der Waals surface area (Å²) in [5.41, 5.74) is 2.38. The number of rotatable bonds is 8. The van der Waals surface area contributed by atoms with Crippen LogP contribution >= 0.6 is 0 Å². The van der Waals surface area contributed by atoms with Crippen LogP contribution in [0, 0.1) is 5.82 Å². The second kappa shape index (κ2) is 12.3. The zero-order valence-electron chi connectivity index (χ0n) is 22.7. The van der Waals surface area contributed by atoms with E-state index in [1.54, 1.807) is 43.6 Å². The fraction of sp³-hybridized carbons (Fsp3) is 0.267. The lowest BCUT2D eigenvalue weighted by Crippen LogP contribution is -2.62. The minimum absolute atomic E-state index is 0.0607. The third-order valence-electron chi connectivity index (χ3n) is 6.66. The van der Waals surface area contributed by atoms with Crippen LogP contribution < -0.4 is 10.2 Å². The highest BCUT2D eigenvalue weighted by Gasteiger charge is 2.43. The summed E-state index contributed by atoms with van der Waals surface area (Å²) < 4.78 is 30.2. The molecule has 1 aliphatic heterocycles. The number of hydrogen-bond donors (Lipinski definition) is 2. The van der Waals surface area contributed by atoms with Gasteiger partial charge in [0.25, 0.3) is 5.91 Å². The van der Waals surface area contributed by atoms with E-state index in [-0.39, 0.29) is 38.4 Å². The van der Waals surface area contributed by atoms with E-state index in [2.05, 4.69) is 15.3 Å². The average molecular weight is 560 g/mol. The molecule has 1 aliphatic rings. The van der Waals surface area contributed by atoms with Crippen LogP contribution in [0.25, 0.3) is 22.5 Å². The first-order valence-electron chi connectivity index (χ1n) is 13.1.